The first-order valence-corrected chi connectivity index (χ1v) is 9.63. The molecular weight excluding hydrogens is 401 g/mol. The van der Waals surface area contributed by atoms with Crippen LogP contribution in [0.5, 0.6) is 0 Å². The van der Waals surface area contributed by atoms with Crippen LogP contribution in [-0.2, 0) is 11.6 Å². The number of fused-ring (bicyclic) bond motifs is 1. The number of thioether (sulfide) groups is 1. The summed E-state index contributed by atoms with van der Waals surface area (Å²) in [4.78, 5) is 23.8. The van der Waals surface area contributed by atoms with E-state index < -0.39 is 28.5 Å². The lowest BCUT2D eigenvalue weighted by Crippen LogP contribution is -2.19. The molecular formula is C20H17F3N4OS. The number of benzene rings is 1. The molecule has 0 aliphatic rings. The van der Waals surface area contributed by atoms with Crippen LogP contribution in [0.1, 0.15) is 48.2 Å². The fourth-order valence-electron chi connectivity index (χ4n) is 2.63. The third-order valence-electron chi connectivity index (χ3n) is 4.17. The zero-order valence-corrected chi connectivity index (χ0v) is 16.7. The lowest BCUT2D eigenvalue weighted by Gasteiger charge is -2.21. The molecule has 3 aromatic rings. The van der Waals surface area contributed by atoms with Crippen molar-refractivity contribution in [2.75, 3.05) is 5.75 Å². The summed E-state index contributed by atoms with van der Waals surface area (Å²) in [6.07, 6.45) is -4.70. The number of pyridine rings is 1. The number of carbonyl (C=O) groups excluding carboxylic acids is 1. The molecule has 29 heavy (non-hydrogen) atoms. The number of para-hydroxylation sites is 2. The molecule has 0 aliphatic heterocycles. The average molecular weight is 418 g/mol. The summed E-state index contributed by atoms with van der Waals surface area (Å²) in [5.41, 5.74) is -0.781. The molecule has 1 N–H and O–H groups in total. The van der Waals surface area contributed by atoms with Gasteiger partial charge in [0.15, 0.2) is 5.82 Å². The summed E-state index contributed by atoms with van der Waals surface area (Å²) < 4.78 is 40.5. The van der Waals surface area contributed by atoms with E-state index in [1.54, 1.807) is 51.1 Å². The van der Waals surface area contributed by atoms with Crippen LogP contribution < -0.4 is 0 Å². The van der Waals surface area contributed by atoms with Gasteiger partial charge in [0, 0.05) is 11.1 Å². The van der Waals surface area contributed by atoms with Gasteiger partial charge in [0.05, 0.1) is 27.9 Å². The molecule has 2 aromatic heterocycles. The standard InChI is InChI=1S/C20H17F3N4OS/c1-19(2,3)16-8-12(20(21,22)23)11(9-24)18(27-16)29-10-15(28)17-25-13-6-4-5-7-14(13)26-17/h4-8H,10H2,1-3H3,(H,25,26). The molecule has 3 rings (SSSR count). The smallest absolute Gasteiger partial charge is 0.335 e. The molecule has 0 aliphatic carbocycles. The minimum atomic E-state index is -4.70. The molecule has 0 atom stereocenters. The highest BCUT2D eigenvalue weighted by Crippen LogP contribution is 2.38. The van der Waals surface area contributed by atoms with Crippen molar-refractivity contribution in [2.24, 2.45) is 0 Å². The number of aromatic amines is 1. The molecule has 9 heteroatoms. The minimum Gasteiger partial charge on any atom is -0.335 e. The number of hydrogen-bond acceptors (Lipinski definition) is 5. The number of ketones is 1. The number of aromatic nitrogens is 3. The number of alkyl halides is 3. The topological polar surface area (TPSA) is 82.4 Å². The summed E-state index contributed by atoms with van der Waals surface area (Å²) in [6, 6.07) is 9.59. The highest BCUT2D eigenvalue weighted by Gasteiger charge is 2.37. The lowest BCUT2D eigenvalue weighted by molar-refractivity contribution is -0.138. The van der Waals surface area contributed by atoms with Gasteiger partial charge in [0.2, 0.25) is 5.78 Å². The Morgan fingerprint density at radius 3 is 2.48 bits per heavy atom. The maximum absolute atomic E-state index is 13.5. The lowest BCUT2D eigenvalue weighted by atomic mass is 9.90. The van der Waals surface area contributed by atoms with Gasteiger partial charge in [-0.25, -0.2) is 9.97 Å². The Kier molecular flexibility index (Phi) is 5.41. The van der Waals surface area contributed by atoms with Gasteiger partial charge in [-0.2, -0.15) is 18.4 Å². The van der Waals surface area contributed by atoms with Crippen molar-refractivity contribution in [3.05, 3.63) is 53.0 Å². The van der Waals surface area contributed by atoms with Gasteiger partial charge >= 0.3 is 6.18 Å². The Labute approximate surface area is 169 Å². The van der Waals surface area contributed by atoms with Crippen LogP contribution in [0.3, 0.4) is 0 Å². The summed E-state index contributed by atoms with van der Waals surface area (Å²) in [5, 5.41) is 9.21. The number of Topliss-reactive ketones (excluding diaryl/α,β-unsaturated/α-hetero) is 1. The fourth-order valence-corrected chi connectivity index (χ4v) is 3.50. The second-order valence-corrected chi connectivity index (χ2v) is 8.37. The monoisotopic (exact) mass is 418 g/mol. The molecule has 0 spiro atoms. The number of nitriles is 1. The quantitative estimate of drug-likeness (QED) is 0.470. The number of imidazole rings is 1. The highest BCUT2D eigenvalue weighted by molar-refractivity contribution is 8.00. The Morgan fingerprint density at radius 1 is 1.21 bits per heavy atom. The molecule has 0 saturated carbocycles. The van der Waals surface area contributed by atoms with Gasteiger partial charge in [-0.05, 0) is 18.2 Å². The molecule has 0 amide bonds. The van der Waals surface area contributed by atoms with E-state index in [0.717, 1.165) is 17.8 Å². The van der Waals surface area contributed by atoms with E-state index in [0.29, 0.717) is 11.0 Å². The predicted octanol–water partition coefficient (Wildman–Crippen LogP) is 5.12. The molecule has 150 valence electrons. The molecule has 5 nitrogen and oxygen atoms in total. The summed E-state index contributed by atoms with van der Waals surface area (Å²) in [5.74, 6) is -0.487. The van der Waals surface area contributed by atoms with Crippen molar-refractivity contribution >= 4 is 28.6 Å². The van der Waals surface area contributed by atoms with Crippen LogP contribution in [-0.4, -0.2) is 26.5 Å². The minimum absolute atomic E-state index is 0.111. The Hall–Kier alpha value is -2.86. The third kappa shape index (κ3) is 4.43. The Bertz CT molecular complexity index is 1090. The first-order valence-electron chi connectivity index (χ1n) is 8.64. The number of halogens is 3. The van der Waals surface area contributed by atoms with E-state index >= 15 is 0 Å². The molecule has 2 heterocycles. The number of carbonyl (C=O) groups is 1. The third-order valence-corrected chi connectivity index (χ3v) is 5.14. The Balaban J connectivity index is 1.95. The van der Waals surface area contributed by atoms with E-state index in [9.17, 15) is 23.2 Å². The summed E-state index contributed by atoms with van der Waals surface area (Å²) >= 11 is 0.802. The second-order valence-electron chi connectivity index (χ2n) is 7.41. The fraction of sp³-hybridized carbons (Fsp3) is 0.300. The zero-order chi connectivity index (χ0) is 21.4. The van der Waals surface area contributed by atoms with Crippen LogP contribution in [0.15, 0.2) is 35.4 Å². The van der Waals surface area contributed by atoms with Crippen molar-refractivity contribution < 1.29 is 18.0 Å². The van der Waals surface area contributed by atoms with E-state index in [1.807, 2.05) is 0 Å². The van der Waals surface area contributed by atoms with Gasteiger partial charge in [0.25, 0.3) is 0 Å². The SMILES string of the molecule is CC(C)(C)c1cc(C(F)(F)F)c(C#N)c(SCC(=O)c2nc3ccccc3[nH]2)n1. The molecule has 0 saturated heterocycles. The van der Waals surface area contributed by atoms with Gasteiger partial charge in [0.1, 0.15) is 11.1 Å². The molecule has 0 radical (unpaired) electrons. The highest BCUT2D eigenvalue weighted by atomic mass is 32.2. The van der Waals surface area contributed by atoms with Crippen LogP contribution in [0.2, 0.25) is 0 Å². The maximum Gasteiger partial charge on any atom is 0.417 e. The molecule has 0 unspecified atom stereocenters. The molecule has 0 fully saturated rings. The number of rotatable bonds is 4. The van der Waals surface area contributed by atoms with Gasteiger partial charge in [-0.15, -0.1) is 0 Å². The Morgan fingerprint density at radius 2 is 1.90 bits per heavy atom. The van der Waals surface area contributed by atoms with Crippen molar-refractivity contribution in [3.8, 4) is 6.07 Å². The van der Waals surface area contributed by atoms with Crippen LogP contribution >= 0.6 is 11.8 Å². The van der Waals surface area contributed by atoms with Gasteiger partial charge < -0.3 is 4.98 Å². The normalized spacial score (nSPS) is 12.2. The van der Waals surface area contributed by atoms with Crippen molar-refractivity contribution in [1.29, 1.82) is 5.26 Å². The average Bonchev–Trinajstić information content (AvgIpc) is 3.08. The first kappa shape index (κ1) is 20.9. The van der Waals surface area contributed by atoms with Crippen molar-refractivity contribution in [3.63, 3.8) is 0 Å². The molecule has 0 bridgehead atoms. The van der Waals surface area contributed by atoms with E-state index in [2.05, 4.69) is 15.0 Å². The number of nitrogens with one attached hydrogen (secondary N) is 1. The van der Waals surface area contributed by atoms with E-state index in [-0.39, 0.29) is 22.3 Å². The number of H-pyrrole nitrogens is 1. The predicted molar refractivity (Wildman–Crippen MR) is 104 cm³/mol. The van der Waals surface area contributed by atoms with E-state index in [1.165, 1.54) is 0 Å². The zero-order valence-electron chi connectivity index (χ0n) is 15.9. The van der Waals surface area contributed by atoms with Crippen molar-refractivity contribution in [2.45, 2.75) is 37.4 Å². The van der Waals surface area contributed by atoms with Gasteiger partial charge in [-0.3, -0.25) is 4.79 Å². The van der Waals surface area contributed by atoms with Crippen LogP contribution in [0.25, 0.3) is 11.0 Å². The second kappa shape index (κ2) is 7.52. The first-order chi connectivity index (χ1) is 13.5. The van der Waals surface area contributed by atoms with Crippen molar-refractivity contribution in [1.82, 2.24) is 15.0 Å². The molecule has 1 aromatic carbocycles. The maximum atomic E-state index is 13.5. The van der Waals surface area contributed by atoms with E-state index in [4.69, 9.17) is 0 Å². The van der Waals surface area contributed by atoms with Crippen LogP contribution in [0.4, 0.5) is 13.2 Å². The van der Waals surface area contributed by atoms with Crippen LogP contribution in [0, 0.1) is 11.3 Å². The summed E-state index contributed by atoms with van der Waals surface area (Å²) in [7, 11) is 0. The number of hydrogen-bond donors (Lipinski definition) is 1. The summed E-state index contributed by atoms with van der Waals surface area (Å²) in [6.45, 7) is 5.20. The largest absolute Gasteiger partial charge is 0.417 e. The van der Waals surface area contributed by atoms with Gasteiger partial charge in [-0.1, -0.05) is 44.7 Å². The number of nitrogens with zero attached hydrogens (tertiary/aromatic N) is 3.